The van der Waals surface area contributed by atoms with Gasteiger partial charge in [0.25, 0.3) is 0 Å². The zero-order valence-corrected chi connectivity index (χ0v) is 11.8. The van der Waals surface area contributed by atoms with Gasteiger partial charge in [-0.3, -0.25) is 10.1 Å². The average molecular weight is 263 g/mol. The first-order valence-corrected chi connectivity index (χ1v) is 6.63. The molecule has 0 spiro atoms. The largest absolute Gasteiger partial charge is 0.494 e. The van der Waals surface area contributed by atoms with Crippen molar-refractivity contribution in [2.75, 3.05) is 6.61 Å². The van der Waals surface area contributed by atoms with Crippen LogP contribution >= 0.6 is 0 Å². The smallest absolute Gasteiger partial charge is 0.249 e. The van der Waals surface area contributed by atoms with Crippen LogP contribution in [0, 0.1) is 16.0 Å². The second-order valence-corrected chi connectivity index (χ2v) is 4.75. The van der Waals surface area contributed by atoms with Gasteiger partial charge in [-0.2, -0.15) is 0 Å². The monoisotopic (exact) mass is 263 g/mol. The van der Waals surface area contributed by atoms with Crippen molar-refractivity contribution in [2.24, 2.45) is 5.92 Å². The summed E-state index contributed by atoms with van der Waals surface area (Å²) in [6.45, 7) is 6.45. The van der Waals surface area contributed by atoms with Crippen LogP contribution in [0.25, 0.3) is 6.08 Å². The third-order valence-electron chi connectivity index (χ3n) is 2.76. The highest BCUT2D eigenvalue weighted by atomic mass is 16.6. The second-order valence-electron chi connectivity index (χ2n) is 4.75. The molecule has 0 fully saturated rings. The topological polar surface area (TPSA) is 52.4 Å². The lowest BCUT2D eigenvalue weighted by Crippen LogP contribution is -2.05. The highest BCUT2D eigenvalue weighted by Gasteiger charge is 2.15. The zero-order chi connectivity index (χ0) is 14.3. The molecule has 1 rings (SSSR count). The van der Waals surface area contributed by atoms with Crippen LogP contribution in [0.2, 0.25) is 0 Å². The van der Waals surface area contributed by atoms with Crippen molar-refractivity contribution >= 4 is 6.08 Å². The van der Waals surface area contributed by atoms with E-state index in [0.717, 1.165) is 24.2 Å². The first kappa shape index (κ1) is 15.2. The van der Waals surface area contributed by atoms with Crippen molar-refractivity contribution < 1.29 is 9.66 Å². The molecular formula is C15H21NO3. The molecule has 104 valence electrons. The Kier molecular flexibility index (Phi) is 6.06. The van der Waals surface area contributed by atoms with Gasteiger partial charge in [-0.05, 0) is 24.1 Å². The molecule has 0 unspecified atom stereocenters. The van der Waals surface area contributed by atoms with Crippen LogP contribution in [0.5, 0.6) is 5.75 Å². The lowest BCUT2D eigenvalue weighted by atomic mass is 10.1. The summed E-state index contributed by atoms with van der Waals surface area (Å²) in [5.41, 5.74) is 1.04. The third kappa shape index (κ3) is 5.12. The van der Waals surface area contributed by atoms with E-state index in [2.05, 4.69) is 6.92 Å². The normalized spacial score (nSPS) is 11.7. The molecule has 19 heavy (non-hydrogen) atoms. The Bertz CT molecular complexity index is 435. The summed E-state index contributed by atoms with van der Waals surface area (Å²) >= 11 is 0. The van der Waals surface area contributed by atoms with Crippen molar-refractivity contribution in [1.82, 2.24) is 0 Å². The molecule has 0 aliphatic heterocycles. The zero-order valence-electron chi connectivity index (χ0n) is 11.8. The third-order valence-corrected chi connectivity index (χ3v) is 2.76. The van der Waals surface area contributed by atoms with Crippen LogP contribution in [0.1, 0.15) is 39.2 Å². The molecule has 0 saturated carbocycles. The fourth-order valence-electron chi connectivity index (χ4n) is 1.60. The van der Waals surface area contributed by atoms with Crippen LogP contribution in [-0.4, -0.2) is 11.5 Å². The van der Waals surface area contributed by atoms with E-state index in [4.69, 9.17) is 4.74 Å². The number of nitrogens with zero attached hydrogens (tertiary/aromatic N) is 1. The molecule has 0 aromatic heterocycles. The maximum atomic E-state index is 10.9. The van der Waals surface area contributed by atoms with E-state index >= 15 is 0 Å². The van der Waals surface area contributed by atoms with Crippen LogP contribution < -0.4 is 4.74 Å². The van der Waals surface area contributed by atoms with E-state index in [0.29, 0.717) is 6.61 Å². The first-order chi connectivity index (χ1) is 9.04. The van der Waals surface area contributed by atoms with Crippen LogP contribution in [0.3, 0.4) is 0 Å². The molecule has 4 nitrogen and oxygen atoms in total. The number of allylic oxidation sites excluding steroid dienone is 1. The van der Waals surface area contributed by atoms with Crippen LogP contribution in [0.4, 0.5) is 0 Å². The van der Waals surface area contributed by atoms with Gasteiger partial charge < -0.3 is 4.74 Å². The van der Waals surface area contributed by atoms with Gasteiger partial charge in [0, 0.05) is 12.0 Å². The number of ether oxygens (including phenoxy) is 1. The summed E-state index contributed by atoms with van der Waals surface area (Å²) in [7, 11) is 0. The van der Waals surface area contributed by atoms with Gasteiger partial charge in [-0.1, -0.05) is 39.3 Å². The van der Waals surface area contributed by atoms with Gasteiger partial charge >= 0.3 is 0 Å². The fraction of sp³-hybridized carbons (Fsp3) is 0.467. The summed E-state index contributed by atoms with van der Waals surface area (Å²) in [6, 6.07) is 7.37. The molecule has 1 aromatic rings. The molecule has 0 atom stereocenters. The minimum Gasteiger partial charge on any atom is -0.494 e. The van der Waals surface area contributed by atoms with Crippen molar-refractivity contribution in [1.29, 1.82) is 0 Å². The van der Waals surface area contributed by atoms with E-state index < -0.39 is 0 Å². The molecule has 0 radical (unpaired) electrons. The minimum absolute atomic E-state index is 0.101. The standard InChI is InChI=1S/C15H21NO3/c1-4-5-10-19-14-8-6-13(7-9-14)11-15(12(2)3)16(17)18/h6-9,11-12H,4-5,10H2,1-3H3/b15-11-. The highest BCUT2D eigenvalue weighted by molar-refractivity contribution is 5.52. The molecule has 0 saturated heterocycles. The Morgan fingerprint density at radius 2 is 2.00 bits per heavy atom. The van der Waals surface area contributed by atoms with E-state index in [1.807, 2.05) is 38.1 Å². The second kappa shape index (κ2) is 7.56. The average Bonchev–Trinajstić information content (AvgIpc) is 2.37. The van der Waals surface area contributed by atoms with Crippen LogP contribution in [-0.2, 0) is 0 Å². The van der Waals surface area contributed by atoms with Crippen molar-refractivity contribution in [3.63, 3.8) is 0 Å². The van der Waals surface area contributed by atoms with Crippen molar-refractivity contribution in [3.05, 3.63) is 45.6 Å². The number of benzene rings is 1. The van der Waals surface area contributed by atoms with Gasteiger partial charge in [-0.15, -0.1) is 0 Å². The number of unbranched alkanes of at least 4 members (excludes halogenated alkanes) is 1. The maximum absolute atomic E-state index is 10.9. The molecule has 0 aliphatic carbocycles. The quantitative estimate of drug-likeness (QED) is 0.422. The van der Waals surface area contributed by atoms with E-state index in [9.17, 15) is 10.1 Å². The fourth-order valence-corrected chi connectivity index (χ4v) is 1.60. The molecule has 0 N–H and O–H groups in total. The van der Waals surface area contributed by atoms with Crippen molar-refractivity contribution in [2.45, 2.75) is 33.6 Å². The number of hydrogen-bond acceptors (Lipinski definition) is 3. The summed E-state index contributed by atoms with van der Waals surface area (Å²) in [5, 5.41) is 10.9. The number of hydrogen-bond donors (Lipinski definition) is 0. The maximum Gasteiger partial charge on any atom is 0.249 e. The first-order valence-electron chi connectivity index (χ1n) is 6.63. The van der Waals surface area contributed by atoms with Gasteiger partial charge in [0.2, 0.25) is 5.70 Å². The lowest BCUT2D eigenvalue weighted by molar-refractivity contribution is -0.431. The summed E-state index contributed by atoms with van der Waals surface area (Å²) in [4.78, 5) is 10.6. The number of nitro groups is 1. The molecule has 0 heterocycles. The molecule has 4 heteroatoms. The lowest BCUT2D eigenvalue weighted by Gasteiger charge is -2.06. The summed E-state index contributed by atoms with van der Waals surface area (Å²) in [6.07, 6.45) is 3.74. The minimum atomic E-state index is -0.323. The summed E-state index contributed by atoms with van der Waals surface area (Å²) < 4.78 is 5.55. The molecule has 0 aliphatic rings. The van der Waals surface area contributed by atoms with Gasteiger partial charge in [0.05, 0.1) is 11.5 Å². The molecule has 0 bridgehead atoms. The predicted molar refractivity (Wildman–Crippen MR) is 76.7 cm³/mol. The Hall–Kier alpha value is -1.84. The van der Waals surface area contributed by atoms with Crippen LogP contribution in [0.15, 0.2) is 30.0 Å². The van der Waals surface area contributed by atoms with Crippen molar-refractivity contribution in [3.8, 4) is 5.75 Å². The Morgan fingerprint density at radius 1 is 1.37 bits per heavy atom. The SMILES string of the molecule is CCCCOc1ccc(/C=C(/C(C)C)[N+](=O)[O-])cc1. The van der Waals surface area contributed by atoms with E-state index in [1.165, 1.54) is 0 Å². The van der Waals surface area contributed by atoms with Gasteiger partial charge in [0.15, 0.2) is 0 Å². The van der Waals surface area contributed by atoms with Gasteiger partial charge in [0.1, 0.15) is 5.75 Å². The Balaban J connectivity index is 2.75. The molecule has 0 amide bonds. The van der Waals surface area contributed by atoms with E-state index in [1.54, 1.807) is 6.08 Å². The Morgan fingerprint density at radius 3 is 2.47 bits per heavy atom. The van der Waals surface area contributed by atoms with E-state index in [-0.39, 0.29) is 16.5 Å². The molecule has 1 aromatic carbocycles. The van der Waals surface area contributed by atoms with Gasteiger partial charge in [-0.25, -0.2) is 0 Å². The number of rotatable bonds is 7. The summed E-state index contributed by atoms with van der Waals surface area (Å²) in [5.74, 6) is 0.702. The predicted octanol–water partition coefficient (Wildman–Crippen LogP) is 4.14. The highest BCUT2D eigenvalue weighted by Crippen LogP contribution is 2.18. The Labute approximate surface area is 114 Å². The molecular weight excluding hydrogens is 242 g/mol.